The highest BCUT2D eigenvalue weighted by molar-refractivity contribution is 6.11. The maximum absolute atomic E-state index is 13.2. The number of hydrogen-bond acceptors (Lipinski definition) is 6. The van der Waals surface area contributed by atoms with Crippen molar-refractivity contribution in [1.82, 2.24) is 9.88 Å². The standard InChI is InChI=1S/C24H28N4O6/c1-4-33-24(31)21-20(17-14-16(32-3)7-8-18(17)25-21)26-22(29)15(2)27-9-11-28(12-10-27)23(30)19-6-5-13-34-19/h5-8,13-15,25H,4,9-12H2,1-3H3,(H,26,29)/p+1/t15-/m1/s1. The molecule has 0 spiro atoms. The first-order valence-corrected chi connectivity index (χ1v) is 11.3. The molecule has 2 amide bonds. The van der Waals surface area contributed by atoms with Crippen LogP contribution in [0, 0.1) is 0 Å². The number of rotatable bonds is 7. The summed E-state index contributed by atoms with van der Waals surface area (Å²) in [5, 5.41) is 3.59. The van der Waals surface area contributed by atoms with E-state index in [9.17, 15) is 14.4 Å². The Kier molecular flexibility index (Phi) is 6.87. The number of amides is 2. The van der Waals surface area contributed by atoms with Crippen LogP contribution in [0.1, 0.15) is 34.9 Å². The average molecular weight is 470 g/mol. The molecule has 0 unspecified atom stereocenters. The highest BCUT2D eigenvalue weighted by Crippen LogP contribution is 2.31. The molecule has 1 aliphatic rings. The third-order valence-corrected chi connectivity index (χ3v) is 6.16. The number of carbonyl (C=O) groups excluding carboxylic acids is 3. The van der Waals surface area contributed by atoms with Gasteiger partial charge in [-0.3, -0.25) is 9.59 Å². The van der Waals surface area contributed by atoms with Gasteiger partial charge in [0, 0.05) is 10.9 Å². The lowest BCUT2D eigenvalue weighted by atomic mass is 10.1. The number of aromatic amines is 1. The first-order valence-electron chi connectivity index (χ1n) is 11.3. The molecule has 1 fully saturated rings. The zero-order valence-electron chi connectivity index (χ0n) is 19.5. The number of hydrogen-bond donors (Lipinski definition) is 3. The molecule has 34 heavy (non-hydrogen) atoms. The van der Waals surface area contributed by atoms with E-state index in [0.717, 1.165) is 4.90 Å². The maximum Gasteiger partial charge on any atom is 0.356 e. The number of H-pyrrole nitrogens is 1. The van der Waals surface area contributed by atoms with Crippen LogP contribution in [0.3, 0.4) is 0 Å². The van der Waals surface area contributed by atoms with Crippen LogP contribution in [-0.4, -0.2) is 73.6 Å². The number of aromatic nitrogens is 1. The first kappa shape index (κ1) is 23.4. The number of fused-ring (bicyclic) bond motifs is 1. The van der Waals surface area contributed by atoms with E-state index in [-0.39, 0.29) is 24.1 Å². The van der Waals surface area contributed by atoms with Crippen LogP contribution in [0.4, 0.5) is 5.69 Å². The number of furan rings is 1. The minimum atomic E-state index is -0.544. The Bertz CT molecular complexity index is 1180. The van der Waals surface area contributed by atoms with Gasteiger partial charge in [0.2, 0.25) is 0 Å². The minimum Gasteiger partial charge on any atom is -0.497 e. The van der Waals surface area contributed by atoms with Crippen LogP contribution in [0.2, 0.25) is 0 Å². The fourth-order valence-electron chi connectivity index (χ4n) is 4.19. The van der Waals surface area contributed by atoms with Crippen molar-refractivity contribution in [3.05, 3.63) is 48.0 Å². The van der Waals surface area contributed by atoms with E-state index in [4.69, 9.17) is 13.9 Å². The van der Waals surface area contributed by atoms with Gasteiger partial charge in [-0.2, -0.15) is 0 Å². The number of ether oxygens (including phenoxy) is 2. The second-order valence-electron chi connectivity index (χ2n) is 8.15. The van der Waals surface area contributed by atoms with Gasteiger partial charge in [-0.25, -0.2) is 4.79 Å². The molecule has 10 heteroatoms. The first-order chi connectivity index (χ1) is 16.4. The molecule has 3 aromatic rings. The molecule has 180 valence electrons. The normalized spacial score (nSPS) is 15.2. The summed E-state index contributed by atoms with van der Waals surface area (Å²) in [5.74, 6) is 0.00463. The summed E-state index contributed by atoms with van der Waals surface area (Å²) in [6.45, 7) is 6.06. The van der Waals surface area contributed by atoms with Crippen molar-refractivity contribution in [2.24, 2.45) is 0 Å². The molecule has 10 nitrogen and oxygen atoms in total. The Hall–Kier alpha value is -3.79. The quantitative estimate of drug-likeness (QED) is 0.449. The molecule has 3 N–H and O–H groups in total. The van der Waals surface area contributed by atoms with E-state index in [1.54, 1.807) is 49.3 Å². The number of benzene rings is 1. The predicted molar refractivity (Wildman–Crippen MR) is 124 cm³/mol. The molecule has 1 aliphatic heterocycles. The number of nitrogens with zero attached hydrogens (tertiary/aromatic N) is 1. The summed E-state index contributed by atoms with van der Waals surface area (Å²) in [5.41, 5.74) is 1.24. The Morgan fingerprint density at radius 3 is 2.65 bits per heavy atom. The number of nitrogens with one attached hydrogen (secondary N) is 3. The molecule has 0 radical (unpaired) electrons. The molecule has 1 aromatic carbocycles. The van der Waals surface area contributed by atoms with Crippen molar-refractivity contribution in [2.75, 3.05) is 45.2 Å². The van der Waals surface area contributed by atoms with Gasteiger partial charge in [0.15, 0.2) is 11.8 Å². The second-order valence-corrected chi connectivity index (χ2v) is 8.15. The highest BCUT2D eigenvalue weighted by atomic mass is 16.5. The molecule has 0 saturated carbocycles. The lowest BCUT2D eigenvalue weighted by Crippen LogP contribution is -3.19. The summed E-state index contributed by atoms with van der Waals surface area (Å²) in [7, 11) is 1.56. The highest BCUT2D eigenvalue weighted by Gasteiger charge is 2.33. The number of methoxy groups -OCH3 is 1. The monoisotopic (exact) mass is 469 g/mol. The van der Waals surface area contributed by atoms with Crippen molar-refractivity contribution in [3.63, 3.8) is 0 Å². The van der Waals surface area contributed by atoms with Gasteiger partial charge in [-0.15, -0.1) is 0 Å². The van der Waals surface area contributed by atoms with Crippen molar-refractivity contribution in [2.45, 2.75) is 19.9 Å². The fraction of sp³-hybridized carbons (Fsp3) is 0.375. The Morgan fingerprint density at radius 2 is 2.00 bits per heavy atom. The molecule has 0 bridgehead atoms. The van der Waals surface area contributed by atoms with Gasteiger partial charge in [0.05, 0.1) is 51.8 Å². The third-order valence-electron chi connectivity index (χ3n) is 6.16. The van der Waals surface area contributed by atoms with E-state index >= 15 is 0 Å². The van der Waals surface area contributed by atoms with Crippen LogP contribution < -0.4 is 15.0 Å². The molecule has 3 heterocycles. The zero-order valence-corrected chi connectivity index (χ0v) is 19.5. The Morgan fingerprint density at radius 1 is 1.24 bits per heavy atom. The molecule has 0 aliphatic carbocycles. The lowest BCUT2D eigenvalue weighted by molar-refractivity contribution is -0.917. The van der Waals surface area contributed by atoms with Crippen LogP contribution >= 0.6 is 0 Å². The van der Waals surface area contributed by atoms with Crippen LogP contribution in [-0.2, 0) is 9.53 Å². The van der Waals surface area contributed by atoms with Gasteiger partial charge in [-0.1, -0.05) is 0 Å². The van der Waals surface area contributed by atoms with Gasteiger partial charge < -0.3 is 34.0 Å². The van der Waals surface area contributed by atoms with Crippen molar-refractivity contribution < 1.29 is 33.2 Å². The van der Waals surface area contributed by atoms with Crippen LogP contribution in [0.25, 0.3) is 10.9 Å². The Labute approximate surface area is 196 Å². The number of carbonyl (C=O) groups is 3. The summed E-state index contributed by atoms with van der Waals surface area (Å²) in [6.07, 6.45) is 1.48. The van der Waals surface area contributed by atoms with E-state index in [1.807, 2.05) is 6.92 Å². The number of esters is 1. The van der Waals surface area contributed by atoms with Gasteiger partial charge >= 0.3 is 5.97 Å². The summed E-state index contributed by atoms with van der Waals surface area (Å²) >= 11 is 0. The summed E-state index contributed by atoms with van der Waals surface area (Å²) < 4.78 is 15.7. The molecule has 2 aromatic heterocycles. The van der Waals surface area contributed by atoms with Gasteiger partial charge in [0.1, 0.15) is 11.4 Å². The number of piperazine rings is 1. The van der Waals surface area contributed by atoms with Crippen LogP contribution in [0.5, 0.6) is 5.75 Å². The Balaban J connectivity index is 1.48. The van der Waals surface area contributed by atoms with Crippen molar-refractivity contribution in [1.29, 1.82) is 0 Å². The molecular formula is C24H29N4O6+. The lowest BCUT2D eigenvalue weighted by Gasteiger charge is -2.34. The molecule has 4 rings (SSSR count). The molecule has 1 atom stereocenters. The van der Waals surface area contributed by atoms with Crippen LogP contribution in [0.15, 0.2) is 41.0 Å². The number of quaternary nitrogens is 1. The van der Waals surface area contributed by atoms with Gasteiger partial charge in [0.25, 0.3) is 11.8 Å². The number of anilines is 1. The topological polar surface area (TPSA) is 118 Å². The van der Waals surface area contributed by atoms with Crippen molar-refractivity contribution in [3.8, 4) is 5.75 Å². The van der Waals surface area contributed by atoms with E-state index in [1.165, 1.54) is 6.26 Å². The van der Waals surface area contributed by atoms with Crippen molar-refractivity contribution >= 4 is 34.4 Å². The molecular weight excluding hydrogens is 440 g/mol. The zero-order chi connectivity index (χ0) is 24.2. The fourth-order valence-corrected chi connectivity index (χ4v) is 4.19. The summed E-state index contributed by atoms with van der Waals surface area (Å²) in [6, 6.07) is 8.26. The smallest absolute Gasteiger partial charge is 0.356 e. The van der Waals surface area contributed by atoms with E-state index in [2.05, 4.69) is 10.3 Å². The minimum absolute atomic E-state index is 0.145. The summed E-state index contributed by atoms with van der Waals surface area (Å²) in [4.78, 5) is 44.1. The van der Waals surface area contributed by atoms with E-state index < -0.39 is 12.0 Å². The average Bonchev–Trinajstić information content (AvgIpc) is 3.52. The van der Waals surface area contributed by atoms with E-state index in [0.29, 0.717) is 54.3 Å². The predicted octanol–water partition coefficient (Wildman–Crippen LogP) is 1.31. The third kappa shape index (κ3) is 4.62. The largest absolute Gasteiger partial charge is 0.497 e. The maximum atomic E-state index is 13.2. The van der Waals surface area contributed by atoms with Gasteiger partial charge in [-0.05, 0) is 44.2 Å². The molecule has 1 saturated heterocycles. The SMILES string of the molecule is CCOC(=O)c1[nH]c2ccc(OC)cc2c1NC(=O)[C@@H](C)[NH+]1CCN(C(=O)c2ccco2)CC1. The second kappa shape index (κ2) is 10.0.